The molecular weight excluding hydrogens is 388 g/mol. The molecular formula is C18H26N2O7S. The number of carbonyl (C=O) groups is 2. The van der Waals surface area contributed by atoms with Crippen molar-refractivity contribution in [3.05, 3.63) is 18.2 Å². The number of amides is 1. The summed E-state index contributed by atoms with van der Waals surface area (Å²) in [7, 11) is -0.942. The molecule has 0 radical (unpaired) electrons. The molecule has 1 heterocycles. The monoisotopic (exact) mass is 414 g/mol. The molecule has 0 N–H and O–H groups in total. The van der Waals surface area contributed by atoms with Gasteiger partial charge in [0.1, 0.15) is 16.4 Å². The molecule has 0 aliphatic carbocycles. The quantitative estimate of drug-likeness (QED) is 0.582. The van der Waals surface area contributed by atoms with Gasteiger partial charge in [-0.2, -0.15) is 4.31 Å². The summed E-state index contributed by atoms with van der Waals surface area (Å²) in [6, 6.07) is 4.59. The third kappa shape index (κ3) is 5.14. The number of ether oxygens (including phenoxy) is 3. The second-order valence-electron chi connectivity index (χ2n) is 6.11. The van der Waals surface area contributed by atoms with Crippen LogP contribution in [-0.2, 0) is 24.3 Å². The van der Waals surface area contributed by atoms with Crippen molar-refractivity contribution in [1.82, 2.24) is 9.21 Å². The molecule has 0 spiro atoms. The molecule has 0 atom stereocenters. The first-order valence-corrected chi connectivity index (χ1v) is 10.4. The Kier molecular flexibility index (Phi) is 7.64. The third-order valence-corrected chi connectivity index (χ3v) is 6.35. The standard InChI is InChI=1S/C18H26N2O7S/c1-4-27-18(22)8-7-17(21)19-9-11-20(12-10-19)28(23,24)16-13-14(25-2)5-6-15(16)26-3/h5-6,13H,4,7-12H2,1-3H3. The SMILES string of the molecule is CCOC(=O)CCC(=O)N1CCN(S(=O)(=O)c2cc(OC)ccc2OC)CC1. The second-order valence-corrected chi connectivity index (χ2v) is 8.01. The number of methoxy groups -OCH3 is 2. The lowest BCUT2D eigenvalue weighted by atomic mass is 10.2. The molecule has 1 aromatic rings. The van der Waals surface area contributed by atoms with Crippen molar-refractivity contribution in [1.29, 1.82) is 0 Å². The Morgan fingerprint density at radius 3 is 2.29 bits per heavy atom. The summed E-state index contributed by atoms with van der Waals surface area (Å²) in [4.78, 5) is 25.2. The number of hydrogen-bond donors (Lipinski definition) is 0. The van der Waals surface area contributed by atoms with E-state index in [2.05, 4.69) is 0 Å². The van der Waals surface area contributed by atoms with Crippen molar-refractivity contribution in [3.8, 4) is 11.5 Å². The molecule has 0 unspecified atom stereocenters. The maximum absolute atomic E-state index is 13.0. The predicted octanol–water partition coefficient (Wildman–Crippen LogP) is 0.880. The van der Waals surface area contributed by atoms with E-state index in [1.165, 1.54) is 24.6 Å². The molecule has 0 bridgehead atoms. The lowest BCUT2D eigenvalue weighted by molar-refractivity contribution is -0.145. The highest BCUT2D eigenvalue weighted by Crippen LogP contribution is 2.31. The van der Waals surface area contributed by atoms with Gasteiger partial charge in [-0.15, -0.1) is 0 Å². The number of esters is 1. The minimum absolute atomic E-state index is 0.0200. The van der Waals surface area contributed by atoms with E-state index in [-0.39, 0.29) is 62.2 Å². The molecule has 1 aliphatic heterocycles. The van der Waals surface area contributed by atoms with Gasteiger partial charge in [-0.25, -0.2) is 8.42 Å². The van der Waals surface area contributed by atoms with Gasteiger partial charge in [0.25, 0.3) is 0 Å². The minimum atomic E-state index is -3.80. The predicted molar refractivity (Wildman–Crippen MR) is 101 cm³/mol. The Labute approximate surface area is 165 Å². The van der Waals surface area contributed by atoms with E-state index >= 15 is 0 Å². The van der Waals surface area contributed by atoms with Crippen LogP contribution >= 0.6 is 0 Å². The average Bonchev–Trinajstić information content (AvgIpc) is 2.71. The number of carbonyl (C=O) groups excluding carboxylic acids is 2. The molecule has 0 saturated carbocycles. The number of hydrogen-bond acceptors (Lipinski definition) is 7. The Balaban J connectivity index is 2.02. The van der Waals surface area contributed by atoms with Crippen LogP contribution in [0, 0.1) is 0 Å². The average molecular weight is 414 g/mol. The Morgan fingerprint density at radius 2 is 1.71 bits per heavy atom. The van der Waals surface area contributed by atoms with Gasteiger partial charge in [-0.05, 0) is 19.1 Å². The van der Waals surface area contributed by atoms with E-state index in [1.54, 1.807) is 24.0 Å². The van der Waals surface area contributed by atoms with Crippen LogP contribution in [0.4, 0.5) is 0 Å². The number of nitrogens with zero attached hydrogens (tertiary/aromatic N) is 2. The first-order valence-electron chi connectivity index (χ1n) is 8.99. The van der Waals surface area contributed by atoms with E-state index in [9.17, 15) is 18.0 Å². The highest BCUT2D eigenvalue weighted by atomic mass is 32.2. The number of benzene rings is 1. The van der Waals surface area contributed by atoms with E-state index < -0.39 is 16.0 Å². The number of sulfonamides is 1. The summed E-state index contributed by atoms with van der Waals surface area (Å²) >= 11 is 0. The summed E-state index contributed by atoms with van der Waals surface area (Å²) < 4.78 is 42.5. The van der Waals surface area contributed by atoms with Gasteiger partial charge in [-0.1, -0.05) is 0 Å². The molecule has 9 nitrogen and oxygen atoms in total. The summed E-state index contributed by atoms with van der Waals surface area (Å²) in [6.45, 7) is 2.82. The van der Waals surface area contributed by atoms with Crippen molar-refractivity contribution in [2.45, 2.75) is 24.7 Å². The lowest BCUT2D eigenvalue weighted by Crippen LogP contribution is -2.50. The molecule has 1 fully saturated rings. The Hall–Kier alpha value is -2.33. The maximum Gasteiger partial charge on any atom is 0.306 e. The van der Waals surface area contributed by atoms with Crippen molar-refractivity contribution in [2.75, 3.05) is 47.0 Å². The molecule has 1 saturated heterocycles. The van der Waals surface area contributed by atoms with Crippen LogP contribution in [0.2, 0.25) is 0 Å². The van der Waals surface area contributed by atoms with Crippen LogP contribution < -0.4 is 9.47 Å². The highest BCUT2D eigenvalue weighted by molar-refractivity contribution is 7.89. The van der Waals surface area contributed by atoms with E-state index in [0.717, 1.165) is 0 Å². The van der Waals surface area contributed by atoms with Crippen molar-refractivity contribution in [2.24, 2.45) is 0 Å². The Morgan fingerprint density at radius 1 is 1.04 bits per heavy atom. The van der Waals surface area contributed by atoms with Crippen LogP contribution in [0.15, 0.2) is 23.1 Å². The summed E-state index contributed by atoms with van der Waals surface area (Å²) in [5, 5.41) is 0. The minimum Gasteiger partial charge on any atom is -0.497 e. The van der Waals surface area contributed by atoms with Crippen molar-refractivity contribution in [3.63, 3.8) is 0 Å². The summed E-state index contributed by atoms with van der Waals surface area (Å²) in [5.41, 5.74) is 0. The van der Waals surface area contributed by atoms with E-state index in [4.69, 9.17) is 14.2 Å². The van der Waals surface area contributed by atoms with Gasteiger partial charge in [-0.3, -0.25) is 9.59 Å². The molecule has 156 valence electrons. The molecule has 0 aromatic heterocycles. The first-order chi connectivity index (χ1) is 13.3. The van der Waals surface area contributed by atoms with Crippen LogP contribution in [0.3, 0.4) is 0 Å². The van der Waals surface area contributed by atoms with Gasteiger partial charge in [0.2, 0.25) is 15.9 Å². The second kappa shape index (κ2) is 9.74. The zero-order valence-corrected chi connectivity index (χ0v) is 17.2. The van der Waals surface area contributed by atoms with Crippen LogP contribution in [0.1, 0.15) is 19.8 Å². The van der Waals surface area contributed by atoms with Crippen LogP contribution in [-0.4, -0.2) is 76.5 Å². The third-order valence-electron chi connectivity index (χ3n) is 4.43. The van der Waals surface area contributed by atoms with E-state index in [1.807, 2.05) is 0 Å². The zero-order valence-electron chi connectivity index (χ0n) is 16.3. The molecule has 1 amide bonds. The fourth-order valence-corrected chi connectivity index (χ4v) is 4.50. The van der Waals surface area contributed by atoms with Gasteiger partial charge in [0.15, 0.2) is 0 Å². The van der Waals surface area contributed by atoms with Crippen molar-refractivity contribution < 1.29 is 32.2 Å². The lowest BCUT2D eigenvalue weighted by Gasteiger charge is -2.34. The van der Waals surface area contributed by atoms with Crippen molar-refractivity contribution >= 4 is 21.9 Å². The highest BCUT2D eigenvalue weighted by Gasteiger charge is 2.32. The maximum atomic E-state index is 13.0. The first kappa shape index (κ1) is 22.0. The molecule has 2 rings (SSSR count). The fourth-order valence-electron chi connectivity index (χ4n) is 2.90. The normalized spacial score (nSPS) is 15.2. The van der Waals surface area contributed by atoms with Gasteiger partial charge < -0.3 is 19.1 Å². The summed E-state index contributed by atoms with van der Waals surface area (Å²) in [5.74, 6) is 0.0344. The molecule has 1 aromatic carbocycles. The number of piperazine rings is 1. The van der Waals surface area contributed by atoms with Gasteiger partial charge in [0.05, 0.1) is 27.2 Å². The van der Waals surface area contributed by atoms with E-state index in [0.29, 0.717) is 5.75 Å². The number of rotatable bonds is 8. The Bertz CT molecular complexity index is 802. The van der Waals surface area contributed by atoms with Gasteiger partial charge >= 0.3 is 5.97 Å². The van der Waals surface area contributed by atoms with Crippen LogP contribution in [0.25, 0.3) is 0 Å². The topological polar surface area (TPSA) is 102 Å². The molecule has 28 heavy (non-hydrogen) atoms. The van der Waals surface area contributed by atoms with Gasteiger partial charge in [0, 0.05) is 38.7 Å². The fraction of sp³-hybridized carbons (Fsp3) is 0.556. The van der Waals surface area contributed by atoms with Crippen LogP contribution in [0.5, 0.6) is 11.5 Å². The molecule has 1 aliphatic rings. The smallest absolute Gasteiger partial charge is 0.306 e. The zero-order chi connectivity index (χ0) is 20.7. The summed E-state index contributed by atoms with van der Waals surface area (Å²) in [6.07, 6.45) is 0.0709. The largest absolute Gasteiger partial charge is 0.497 e. The molecule has 10 heteroatoms.